The second kappa shape index (κ2) is 6.31. The van der Waals surface area contributed by atoms with E-state index in [0.29, 0.717) is 22.8 Å². The van der Waals surface area contributed by atoms with Crippen molar-refractivity contribution in [2.24, 2.45) is 17.8 Å². The number of likely N-dealkylation sites (tertiary alicyclic amines) is 1. The second-order valence-electron chi connectivity index (χ2n) is 8.02. The maximum Gasteiger partial charge on any atom is 0.250 e. The normalized spacial score (nSPS) is 31.8. The number of para-hydroxylation sites is 1. The van der Waals surface area contributed by atoms with E-state index < -0.39 is 17.4 Å². The number of unbranched alkanes of at least 4 members (excludes halogenated alkanes) is 1. The predicted octanol–water partition coefficient (Wildman–Crippen LogP) is 2.52. The number of imide groups is 1. The van der Waals surface area contributed by atoms with Crippen molar-refractivity contribution in [1.29, 1.82) is 0 Å². The number of benzene rings is 1. The Morgan fingerprint density at radius 3 is 2.63 bits per heavy atom. The number of fused-ring (bicyclic) bond motifs is 4. The lowest BCUT2D eigenvalue weighted by Crippen LogP contribution is -2.54. The van der Waals surface area contributed by atoms with Crippen LogP contribution < -0.4 is 10.6 Å². The summed E-state index contributed by atoms with van der Waals surface area (Å²) in [5, 5.41) is 6.68. The van der Waals surface area contributed by atoms with Crippen LogP contribution in [0.25, 0.3) is 0 Å². The number of hydrogen-bond donors (Lipinski definition) is 2. The molecule has 144 valence electrons. The standard InChI is InChI=1S/C20H24ClN3O3/c1-4-5-9-24-17(25)13-14(18(24)26)20(23-15(13)10(2)3)11-7-6-8-12(21)16(11)22-19(20)27/h6-8,10,13-15,23H,4-5,9H2,1-3H3,(H,22,27)/t13-,14-,15-,20+/m0/s1. The molecule has 3 amide bonds. The van der Waals surface area contributed by atoms with E-state index in [1.54, 1.807) is 12.1 Å². The number of amides is 3. The van der Waals surface area contributed by atoms with Crippen LogP contribution in [0.15, 0.2) is 18.2 Å². The van der Waals surface area contributed by atoms with Crippen LogP contribution in [0.4, 0.5) is 5.69 Å². The molecular formula is C20H24ClN3O3. The van der Waals surface area contributed by atoms with Crippen molar-refractivity contribution in [3.63, 3.8) is 0 Å². The molecule has 3 aliphatic heterocycles. The molecule has 2 N–H and O–H groups in total. The summed E-state index contributed by atoms with van der Waals surface area (Å²) in [6.07, 6.45) is 1.65. The lowest BCUT2D eigenvalue weighted by Gasteiger charge is -2.30. The molecule has 4 atom stereocenters. The summed E-state index contributed by atoms with van der Waals surface area (Å²) in [6.45, 7) is 6.44. The molecule has 6 nitrogen and oxygen atoms in total. The molecule has 1 spiro atoms. The molecule has 2 saturated heterocycles. The van der Waals surface area contributed by atoms with Crippen molar-refractivity contribution in [1.82, 2.24) is 10.2 Å². The van der Waals surface area contributed by atoms with E-state index in [9.17, 15) is 14.4 Å². The van der Waals surface area contributed by atoms with Crippen molar-refractivity contribution in [2.75, 3.05) is 11.9 Å². The van der Waals surface area contributed by atoms with Gasteiger partial charge in [-0.3, -0.25) is 24.6 Å². The Morgan fingerprint density at radius 2 is 1.96 bits per heavy atom. The number of rotatable bonds is 4. The molecule has 0 unspecified atom stereocenters. The molecule has 3 heterocycles. The first-order valence-electron chi connectivity index (χ1n) is 9.58. The van der Waals surface area contributed by atoms with Crippen LogP contribution in [-0.2, 0) is 19.9 Å². The molecule has 0 saturated carbocycles. The van der Waals surface area contributed by atoms with E-state index in [1.807, 2.05) is 26.8 Å². The van der Waals surface area contributed by atoms with Gasteiger partial charge in [0, 0.05) is 18.2 Å². The van der Waals surface area contributed by atoms with E-state index in [-0.39, 0.29) is 29.7 Å². The van der Waals surface area contributed by atoms with Crippen LogP contribution in [0.2, 0.25) is 5.02 Å². The zero-order chi connectivity index (χ0) is 19.5. The molecule has 0 radical (unpaired) electrons. The summed E-state index contributed by atoms with van der Waals surface area (Å²) < 4.78 is 0. The Labute approximate surface area is 163 Å². The van der Waals surface area contributed by atoms with E-state index in [1.165, 1.54) is 4.90 Å². The van der Waals surface area contributed by atoms with Crippen molar-refractivity contribution in [3.8, 4) is 0 Å². The third kappa shape index (κ3) is 2.32. The minimum Gasteiger partial charge on any atom is -0.323 e. The fourth-order valence-corrected chi connectivity index (χ4v) is 5.12. The highest BCUT2D eigenvalue weighted by Crippen LogP contribution is 2.54. The van der Waals surface area contributed by atoms with Gasteiger partial charge < -0.3 is 5.32 Å². The topological polar surface area (TPSA) is 78.5 Å². The zero-order valence-electron chi connectivity index (χ0n) is 15.7. The van der Waals surface area contributed by atoms with Crippen molar-refractivity contribution in [2.45, 2.75) is 45.2 Å². The average molecular weight is 390 g/mol. The molecule has 1 aromatic rings. The molecule has 4 rings (SSSR count). The average Bonchev–Trinajstić information content (AvgIpc) is 3.21. The maximum atomic E-state index is 13.3. The number of hydrogen-bond acceptors (Lipinski definition) is 4. The molecule has 0 aromatic heterocycles. The van der Waals surface area contributed by atoms with E-state index in [4.69, 9.17) is 11.6 Å². The Bertz CT molecular complexity index is 840. The van der Waals surface area contributed by atoms with Crippen molar-refractivity contribution in [3.05, 3.63) is 28.8 Å². The van der Waals surface area contributed by atoms with E-state index in [2.05, 4.69) is 10.6 Å². The van der Waals surface area contributed by atoms with Gasteiger partial charge >= 0.3 is 0 Å². The van der Waals surface area contributed by atoms with Gasteiger partial charge in [0.1, 0.15) is 5.54 Å². The highest BCUT2D eigenvalue weighted by Gasteiger charge is 2.70. The fraction of sp³-hybridized carbons (Fsp3) is 0.550. The number of halogens is 1. The fourth-order valence-electron chi connectivity index (χ4n) is 4.89. The van der Waals surface area contributed by atoms with Crippen LogP contribution in [0.1, 0.15) is 39.2 Å². The van der Waals surface area contributed by atoms with Crippen LogP contribution >= 0.6 is 11.6 Å². The molecule has 27 heavy (non-hydrogen) atoms. The molecule has 2 fully saturated rings. The Kier molecular flexibility index (Phi) is 4.31. The monoisotopic (exact) mass is 389 g/mol. The molecular weight excluding hydrogens is 366 g/mol. The van der Waals surface area contributed by atoms with Crippen LogP contribution in [0.3, 0.4) is 0 Å². The third-order valence-electron chi connectivity index (χ3n) is 6.18. The van der Waals surface area contributed by atoms with Gasteiger partial charge in [0.25, 0.3) is 0 Å². The highest BCUT2D eigenvalue weighted by atomic mass is 35.5. The van der Waals surface area contributed by atoms with Crippen LogP contribution in [0, 0.1) is 17.8 Å². The lowest BCUT2D eigenvalue weighted by atomic mass is 9.76. The minimum absolute atomic E-state index is 0.0933. The van der Waals surface area contributed by atoms with Gasteiger partial charge in [0.05, 0.1) is 22.5 Å². The Morgan fingerprint density at radius 1 is 1.22 bits per heavy atom. The number of nitrogens with one attached hydrogen (secondary N) is 2. The summed E-state index contributed by atoms with van der Waals surface area (Å²) in [6, 6.07) is 5.05. The third-order valence-corrected chi connectivity index (χ3v) is 6.49. The van der Waals surface area contributed by atoms with Crippen LogP contribution in [-0.4, -0.2) is 35.2 Å². The number of carbonyl (C=O) groups is 3. The van der Waals surface area contributed by atoms with E-state index >= 15 is 0 Å². The van der Waals surface area contributed by atoms with Gasteiger partial charge in [-0.2, -0.15) is 0 Å². The first-order valence-corrected chi connectivity index (χ1v) is 9.95. The summed E-state index contributed by atoms with van der Waals surface area (Å²) >= 11 is 6.30. The van der Waals surface area contributed by atoms with Gasteiger partial charge in [-0.05, 0) is 18.4 Å². The quantitative estimate of drug-likeness (QED) is 0.775. The number of anilines is 1. The molecule has 0 aliphatic carbocycles. The van der Waals surface area contributed by atoms with Crippen LogP contribution in [0.5, 0.6) is 0 Å². The maximum absolute atomic E-state index is 13.3. The van der Waals surface area contributed by atoms with Crippen molar-refractivity contribution < 1.29 is 14.4 Å². The summed E-state index contributed by atoms with van der Waals surface area (Å²) in [7, 11) is 0. The lowest BCUT2D eigenvalue weighted by molar-refractivity contribution is -0.143. The first-order chi connectivity index (χ1) is 12.8. The van der Waals surface area contributed by atoms with E-state index in [0.717, 1.165) is 12.8 Å². The zero-order valence-corrected chi connectivity index (χ0v) is 16.5. The van der Waals surface area contributed by atoms with Crippen molar-refractivity contribution >= 4 is 35.0 Å². The number of nitrogens with zero attached hydrogens (tertiary/aromatic N) is 1. The van der Waals surface area contributed by atoms with Gasteiger partial charge in [-0.25, -0.2) is 0 Å². The summed E-state index contributed by atoms with van der Waals surface area (Å²) in [4.78, 5) is 41.0. The smallest absolute Gasteiger partial charge is 0.250 e. The largest absolute Gasteiger partial charge is 0.323 e. The number of carbonyl (C=O) groups excluding carboxylic acids is 3. The molecule has 3 aliphatic rings. The summed E-state index contributed by atoms with van der Waals surface area (Å²) in [5.41, 5.74) is -0.0446. The minimum atomic E-state index is -1.24. The predicted molar refractivity (Wildman–Crippen MR) is 102 cm³/mol. The van der Waals surface area contributed by atoms with Gasteiger partial charge in [0.15, 0.2) is 0 Å². The molecule has 1 aromatic carbocycles. The van der Waals surface area contributed by atoms with Gasteiger partial charge in [-0.1, -0.05) is 50.9 Å². The second-order valence-corrected chi connectivity index (χ2v) is 8.43. The molecule has 7 heteroatoms. The first kappa shape index (κ1) is 18.4. The van der Waals surface area contributed by atoms with Gasteiger partial charge in [0.2, 0.25) is 17.7 Å². The summed E-state index contributed by atoms with van der Waals surface area (Å²) in [5.74, 6) is -1.90. The van der Waals surface area contributed by atoms with Gasteiger partial charge in [-0.15, -0.1) is 0 Å². The molecule has 0 bridgehead atoms. The Hall–Kier alpha value is -1.92. The highest BCUT2D eigenvalue weighted by molar-refractivity contribution is 6.35. The Balaban J connectivity index is 1.87. The SMILES string of the molecule is CCCCN1C(=O)[C@H]2[C@@H](C1=O)[C@@]1(N[C@H]2C(C)C)C(=O)Nc2c(Cl)cccc21.